The minimum atomic E-state index is -0.946. The molecular formula is C12H16O6. The van der Waals surface area contributed by atoms with Crippen LogP contribution in [0.1, 0.15) is 32.1 Å². The molecule has 1 spiro atoms. The molecule has 0 unspecified atom stereocenters. The molecule has 2 heterocycles. The van der Waals surface area contributed by atoms with Gasteiger partial charge in [0.25, 0.3) is 0 Å². The number of rotatable bonds is 1. The van der Waals surface area contributed by atoms with Crippen LogP contribution in [-0.4, -0.2) is 40.8 Å². The van der Waals surface area contributed by atoms with Gasteiger partial charge in [0, 0.05) is 12.8 Å². The second-order valence-corrected chi connectivity index (χ2v) is 5.00. The summed E-state index contributed by atoms with van der Waals surface area (Å²) in [6, 6.07) is 0. The molecule has 2 N–H and O–H groups in total. The van der Waals surface area contributed by atoms with Crippen molar-refractivity contribution in [1.82, 2.24) is 0 Å². The van der Waals surface area contributed by atoms with Crippen molar-refractivity contribution in [2.24, 2.45) is 0 Å². The summed E-state index contributed by atoms with van der Waals surface area (Å²) in [4.78, 5) is 11.1. The van der Waals surface area contributed by atoms with Crippen LogP contribution in [0.5, 0.6) is 0 Å². The third-order valence-corrected chi connectivity index (χ3v) is 3.77. The van der Waals surface area contributed by atoms with Gasteiger partial charge in [-0.1, -0.05) is 6.42 Å². The molecule has 2 atom stereocenters. The molecule has 0 bridgehead atoms. The van der Waals surface area contributed by atoms with Crippen molar-refractivity contribution in [3.63, 3.8) is 0 Å². The first-order valence-corrected chi connectivity index (χ1v) is 6.26. The highest BCUT2D eigenvalue weighted by Crippen LogP contribution is 2.40. The van der Waals surface area contributed by atoms with E-state index < -0.39 is 35.5 Å². The van der Waals surface area contributed by atoms with Crippen LogP contribution in [0.3, 0.4) is 0 Å². The topological polar surface area (TPSA) is 85.2 Å². The number of hydrogen-bond acceptors (Lipinski definition) is 6. The van der Waals surface area contributed by atoms with Crippen molar-refractivity contribution in [2.75, 3.05) is 6.61 Å². The van der Waals surface area contributed by atoms with Crippen LogP contribution in [0.2, 0.25) is 0 Å². The fourth-order valence-corrected chi connectivity index (χ4v) is 2.80. The van der Waals surface area contributed by atoms with E-state index in [9.17, 15) is 15.0 Å². The number of carbonyl (C=O) groups excluding carboxylic acids is 1. The first-order valence-electron chi connectivity index (χ1n) is 6.26. The summed E-state index contributed by atoms with van der Waals surface area (Å²) in [5.41, 5.74) is 0. The Morgan fingerprint density at radius 1 is 1.17 bits per heavy atom. The maximum absolute atomic E-state index is 11.1. The van der Waals surface area contributed by atoms with E-state index in [0.717, 1.165) is 25.7 Å². The van der Waals surface area contributed by atoms with Gasteiger partial charge in [0.2, 0.25) is 5.76 Å². The third-order valence-electron chi connectivity index (χ3n) is 3.77. The number of aliphatic hydroxyl groups is 2. The fraction of sp³-hybridized carbons (Fsp3) is 0.750. The van der Waals surface area contributed by atoms with Gasteiger partial charge in [0.15, 0.2) is 17.7 Å². The monoisotopic (exact) mass is 256 g/mol. The van der Waals surface area contributed by atoms with Crippen LogP contribution in [0, 0.1) is 0 Å². The Balaban J connectivity index is 1.71. The van der Waals surface area contributed by atoms with E-state index in [-0.39, 0.29) is 6.61 Å². The molecular weight excluding hydrogens is 240 g/mol. The zero-order chi connectivity index (χ0) is 12.8. The highest BCUT2D eigenvalue weighted by Gasteiger charge is 2.50. The zero-order valence-electron chi connectivity index (χ0n) is 9.92. The van der Waals surface area contributed by atoms with Crippen molar-refractivity contribution in [3.8, 4) is 0 Å². The average molecular weight is 256 g/mol. The Kier molecular flexibility index (Phi) is 2.71. The van der Waals surface area contributed by atoms with E-state index in [1.54, 1.807) is 0 Å². The van der Waals surface area contributed by atoms with Crippen LogP contribution >= 0.6 is 0 Å². The molecule has 0 amide bonds. The summed E-state index contributed by atoms with van der Waals surface area (Å²) >= 11 is 0. The lowest BCUT2D eigenvalue weighted by Gasteiger charge is -2.32. The number of carbonyl (C=O) groups is 1. The molecule has 0 radical (unpaired) electrons. The summed E-state index contributed by atoms with van der Waals surface area (Å²) in [6.07, 6.45) is 3.41. The van der Waals surface area contributed by atoms with Crippen molar-refractivity contribution in [3.05, 3.63) is 11.5 Å². The van der Waals surface area contributed by atoms with Gasteiger partial charge in [-0.05, 0) is 12.8 Å². The van der Waals surface area contributed by atoms with E-state index in [1.807, 2.05) is 0 Å². The third kappa shape index (κ3) is 1.76. The highest BCUT2D eigenvalue weighted by atomic mass is 16.8. The number of cyclic esters (lactones) is 1. The van der Waals surface area contributed by atoms with Crippen LogP contribution in [-0.2, 0) is 19.0 Å². The molecule has 18 heavy (non-hydrogen) atoms. The van der Waals surface area contributed by atoms with Gasteiger partial charge in [-0.2, -0.15) is 0 Å². The molecule has 6 nitrogen and oxygen atoms in total. The van der Waals surface area contributed by atoms with Gasteiger partial charge in [-0.15, -0.1) is 0 Å². The number of esters is 1. The second-order valence-electron chi connectivity index (χ2n) is 5.00. The molecule has 1 saturated heterocycles. The Morgan fingerprint density at radius 2 is 1.89 bits per heavy atom. The number of aliphatic hydroxyl groups excluding tert-OH is 2. The largest absolute Gasteiger partial charge is 0.505 e. The molecule has 0 aromatic rings. The summed E-state index contributed by atoms with van der Waals surface area (Å²) in [5.74, 6) is -2.69. The Morgan fingerprint density at radius 3 is 2.50 bits per heavy atom. The Hall–Kier alpha value is -1.27. The first kappa shape index (κ1) is 11.8. The zero-order valence-corrected chi connectivity index (χ0v) is 9.92. The summed E-state index contributed by atoms with van der Waals surface area (Å²) in [6.45, 7) is 0.259. The van der Waals surface area contributed by atoms with Crippen molar-refractivity contribution in [1.29, 1.82) is 0 Å². The minimum Gasteiger partial charge on any atom is -0.505 e. The van der Waals surface area contributed by atoms with Crippen LogP contribution < -0.4 is 0 Å². The van der Waals surface area contributed by atoms with Crippen LogP contribution in [0.25, 0.3) is 0 Å². The quantitative estimate of drug-likeness (QED) is 0.688. The van der Waals surface area contributed by atoms with Crippen molar-refractivity contribution < 1.29 is 29.2 Å². The van der Waals surface area contributed by atoms with Gasteiger partial charge in [0.1, 0.15) is 6.10 Å². The Labute approximate surface area is 104 Å². The molecule has 1 saturated carbocycles. The highest BCUT2D eigenvalue weighted by molar-refractivity contribution is 5.89. The summed E-state index contributed by atoms with van der Waals surface area (Å²) < 4.78 is 16.4. The van der Waals surface area contributed by atoms with E-state index >= 15 is 0 Å². The van der Waals surface area contributed by atoms with Gasteiger partial charge >= 0.3 is 5.97 Å². The van der Waals surface area contributed by atoms with Crippen molar-refractivity contribution >= 4 is 5.97 Å². The summed E-state index contributed by atoms with van der Waals surface area (Å²) in [5, 5.41) is 18.9. The molecule has 3 rings (SSSR count). The van der Waals surface area contributed by atoms with E-state index in [4.69, 9.17) is 14.2 Å². The predicted molar refractivity (Wildman–Crippen MR) is 58.8 cm³/mol. The predicted octanol–water partition coefficient (Wildman–Crippen LogP) is 1.32. The number of hydrogen-bond donors (Lipinski definition) is 2. The lowest BCUT2D eigenvalue weighted by Crippen LogP contribution is -2.36. The molecule has 0 aromatic carbocycles. The summed E-state index contributed by atoms with van der Waals surface area (Å²) in [7, 11) is 0. The molecule has 2 fully saturated rings. The normalized spacial score (nSPS) is 35.2. The van der Waals surface area contributed by atoms with E-state index in [1.165, 1.54) is 6.42 Å². The van der Waals surface area contributed by atoms with Gasteiger partial charge < -0.3 is 24.4 Å². The smallest absolute Gasteiger partial charge is 0.377 e. The molecule has 2 aliphatic heterocycles. The Bertz CT molecular complexity index is 395. The fourth-order valence-electron chi connectivity index (χ4n) is 2.80. The van der Waals surface area contributed by atoms with E-state index in [2.05, 4.69) is 0 Å². The molecule has 0 aromatic heterocycles. The SMILES string of the molecule is O=C1O[C@@H]([C@@H]2COC3(CCCCC3)O2)C(O)=C1O. The van der Waals surface area contributed by atoms with Crippen molar-refractivity contribution in [2.45, 2.75) is 50.1 Å². The lowest BCUT2D eigenvalue weighted by molar-refractivity contribution is -0.197. The van der Waals surface area contributed by atoms with E-state index in [0.29, 0.717) is 0 Å². The number of ether oxygens (including phenoxy) is 3. The average Bonchev–Trinajstić information content (AvgIpc) is 2.88. The molecule has 6 heteroatoms. The van der Waals surface area contributed by atoms with Gasteiger partial charge in [-0.3, -0.25) is 0 Å². The van der Waals surface area contributed by atoms with Crippen LogP contribution in [0.4, 0.5) is 0 Å². The first-order chi connectivity index (χ1) is 8.61. The standard InChI is InChI=1S/C12H16O6/c13-8-9(14)11(15)17-10(8)7-6-16-12(18-7)4-2-1-3-5-12/h7,10,13-14H,1-6H2/t7-,10-/m0/s1. The minimum absolute atomic E-state index is 0.259. The molecule has 1 aliphatic carbocycles. The van der Waals surface area contributed by atoms with Gasteiger partial charge in [-0.25, -0.2) is 4.79 Å². The van der Waals surface area contributed by atoms with Gasteiger partial charge in [0.05, 0.1) is 6.61 Å². The lowest BCUT2D eigenvalue weighted by atomic mass is 9.94. The maximum Gasteiger partial charge on any atom is 0.377 e. The van der Waals surface area contributed by atoms with Crippen LogP contribution in [0.15, 0.2) is 11.5 Å². The second kappa shape index (κ2) is 4.13. The molecule has 100 valence electrons. The molecule has 3 aliphatic rings. The maximum atomic E-state index is 11.1.